The van der Waals surface area contributed by atoms with E-state index in [-0.39, 0.29) is 0 Å². The summed E-state index contributed by atoms with van der Waals surface area (Å²) >= 11 is 0. The first-order valence-corrected chi connectivity index (χ1v) is 8.72. The third kappa shape index (κ3) is 0.714. The van der Waals surface area contributed by atoms with Crippen LogP contribution in [-0.4, -0.2) is 14.2 Å². The lowest BCUT2D eigenvalue weighted by atomic mass is 9.53. The third-order valence-electron chi connectivity index (χ3n) is 8.70. The Morgan fingerprint density at radius 3 is 1.77 bits per heavy atom. The Bertz CT molecular complexity index is 732. The highest BCUT2D eigenvalue weighted by atomic mass is 16.5. The van der Waals surface area contributed by atoms with Crippen LogP contribution in [0, 0.1) is 34.5 Å². The van der Waals surface area contributed by atoms with Gasteiger partial charge in [-0.3, -0.25) is 0 Å². The van der Waals surface area contributed by atoms with Crippen molar-refractivity contribution in [2.45, 2.75) is 24.7 Å². The molecule has 1 aromatic carbocycles. The van der Waals surface area contributed by atoms with Crippen molar-refractivity contribution in [3.8, 4) is 11.5 Å². The highest BCUT2D eigenvalue weighted by Gasteiger charge is 3.01. The first-order chi connectivity index (χ1) is 10.8. The van der Waals surface area contributed by atoms with Crippen molar-refractivity contribution in [1.29, 1.82) is 0 Å². The van der Waals surface area contributed by atoms with E-state index in [4.69, 9.17) is 9.47 Å². The summed E-state index contributed by atoms with van der Waals surface area (Å²) in [6.45, 7) is 0. The minimum absolute atomic E-state index is 0.600. The molecule has 4 saturated carbocycles. The van der Waals surface area contributed by atoms with Gasteiger partial charge in [0.1, 0.15) is 11.5 Å². The molecule has 0 aromatic heterocycles. The first kappa shape index (κ1) is 11.2. The fourth-order valence-electron chi connectivity index (χ4n) is 8.68. The molecule has 0 aliphatic heterocycles. The summed E-state index contributed by atoms with van der Waals surface area (Å²) in [4.78, 5) is 0. The summed E-state index contributed by atoms with van der Waals surface area (Å²) in [7, 11) is 3.67. The van der Waals surface area contributed by atoms with E-state index in [1.165, 1.54) is 12.8 Å². The van der Waals surface area contributed by atoms with Crippen molar-refractivity contribution in [3.05, 3.63) is 35.4 Å². The quantitative estimate of drug-likeness (QED) is 0.773. The van der Waals surface area contributed by atoms with Crippen LogP contribution in [0.25, 0.3) is 0 Å². The van der Waals surface area contributed by atoms with E-state index in [2.05, 4.69) is 24.3 Å². The van der Waals surface area contributed by atoms with E-state index in [1.807, 2.05) is 14.2 Å². The average Bonchev–Trinajstić information content (AvgIpc) is 3.37. The summed E-state index contributed by atoms with van der Waals surface area (Å²) in [5.74, 6) is 7.72. The van der Waals surface area contributed by atoms with Gasteiger partial charge in [0, 0.05) is 11.1 Å². The van der Waals surface area contributed by atoms with Crippen LogP contribution in [-0.2, 0) is 0 Å². The molecule has 8 rings (SSSR count). The molecule has 2 heteroatoms. The summed E-state index contributed by atoms with van der Waals surface area (Å²) in [5.41, 5.74) is 4.29. The maximum Gasteiger partial charge on any atom is 0.122 e. The number of rotatable bonds is 2. The van der Waals surface area contributed by atoms with Crippen molar-refractivity contribution in [1.82, 2.24) is 0 Å². The van der Waals surface area contributed by atoms with Crippen LogP contribution in [0.15, 0.2) is 24.3 Å². The molecule has 7 aliphatic carbocycles. The molecular formula is C20H20O2. The van der Waals surface area contributed by atoms with Crippen molar-refractivity contribution >= 4 is 0 Å². The SMILES string of the molecule is COc1ccc(OC)c2c1[C@H]1[C@H]3C4C5[C@@]16CC=CC[C@]56[C@@H]2[C@@H]43. The molecule has 2 nitrogen and oxygen atoms in total. The Balaban J connectivity index is 1.60. The largest absolute Gasteiger partial charge is 0.496 e. The van der Waals surface area contributed by atoms with Crippen LogP contribution >= 0.6 is 0 Å². The van der Waals surface area contributed by atoms with Gasteiger partial charge in [-0.2, -0.15) is 0 Å². The minimum Gasteiger partial charge on any atom is -0.496 e. The zero-order valence-corrected chi connectivity index (χ0v) is 13.0. The molecule has 2 unspecified atom stereocenters. The minimum atomic E-state index is 0.600. The average molecular weight is 292 g/mol. The molecule has 0 amide bonds. The predicted molar refractivity (Wildman–Crippen MR) is 82.2 cm³/mol. The zero-order valence-electron chi connectivity index (χ0n) is 13.0. The van der Waals surface area contributed by atoms with Gasteiger partial charge in [0.25, 0.3) is 0 Å². The van der Waals surface area contributed by atoms with Crippen LogP contribution in [0.3, 0.4) is 0 Å². The van der Waals surface area contributed by atoms with Crippen LogP contribution in [0.1, 0.15) is 35.8 Å². The molecule has 0 radical (unpaired) electrons. The Hall–Kier alpha value is -1.44. The van der Waals surface area contributed by atoms with E-state index < -0.39 is 0 Å². The van der Waals surface area contributed by atoms with Gasteiger partial charge >= 0.3 is 0 Å². The molecule has 0 saturated heterocycles. The van der Waals surface area contributed by atoms with E-state index in [1.54, 1.807) is 11.1 Å². The van der Waals surface area contributed by atoms with Crippen molar-refractivity contribution in [2.75, 3.05) is 14.2 Å². The van der Waals surface area contributed by atoms with Gasteiger partial charge in [0.05, 0.1) is 14.2 Å². The van der Waals surface area contributed by atoms with E-state index in [0.717, 1.165) is 47.0 Å². The second-order valence-corrected chi connectivity index (χ2v) is 8.42. The number of ether oxygens (including phenoxy) is 2. The highest BCUT2D eigenvalue weighted by Crippen LogP contribution is 3.06. The standard InChI is InChI=1S/C20H20O2/c1-21-9-5-6-10(22-2)12-11(9)16-13-14-15(13)18-19(16)7-3-4-8-20(18,19)17(12)14/h3-6,13-18H,7-8H2,1-2H3/t13-,14-,15?,16+,17+,18?,19-,20+/m1/s1. The number of allylic oxidation sites excluding steroid dienone is 2. The molecule has 0 N–H and O–H groups in total. The van der Waals surface area contributed by atoms with Crippen LogP contribution in [0.5, 0.6) is 11.5 Å². The number of benzene rings is 1. The zero-order chi connectivity index (χ0) is 14.4. The van der Waals surface area contributed by atoms with E-state index >= 15 is 0 Å². The van der Waals surface area contributed by atoms with E-state index in [0.29, 0.717) is 10.8 Å². The molecule has 7 aliphatic rings. The van der Waals surface area contributed by atoms with Gasteiger partial charge in [-0.05, 0) is 71.3 Å². The smallest absolute Gasteiger partial charge is 0.122 e. The lowest BCUT2D eigenvalue weighted by molar-refractivity contribution is 0.129. The molecule has 4 fully saturated rings. The second-order valence-electron chi connectivity index (χ2n) is 8.42. The molecule has 2 bridgehead atoms. The van der Waals surface area contributed by atoms with Crippen LogP contribution < -0.4 is 9.47 Å². The van der Waals surface area contributed by atoms with Crippen molar-refractivity contribution < 1.29 is 9.47 Å². The summed E-state index contributed by atoms with van der Waals surface area (Å²) in [5, 5.41) is 0. The summed E-state index contributed by atoms with van der Waals surface area (Å²) in [6, 6.07) is 4.29. The number of hydrogen-bond acceptors (Lipinski definition) is 2. The fourth-order valence-corrected chi connectivity index (χ4v) is 8.68. The van der Waals surface area contributed by atoms with Gasteiger partial charge in [0.15, 0.2) is 0 Å². The van der Waals surface area contributed by atoms with Gasteiger partial charge in [0.2, 0.25) is 0 Å². The summed E-state index contributed by atoms with van der Waals surface area (Å²) in [6.07, 6.45) is 7.59. The van der Waals surface area contributed by atoms with E-state index in [9.17, 15) is 0 Å². The molecule has 112 valence electrons. The molecule has 2 spiro atoms. The lowest BCUT2D eigenvalue weighted by Crippen LogP contribution is -2.41. The topological polar surface area (TPSA) is 18.5 Å². The maximum absolute atomic E-state index is 5.81. The van der Waals surface area contributed by atoms with Crippen LogP contribution in [0.2, 0.25) is 0 Å². The Kier molecular flexibility index (Phi) is 1.45. The number of hydrogen-bond donors (Lipinski definition) is 0. The molecule has 8 atom stereocenters. The monoisotopic (exact) mass is 292 g/mol. The maximum atomic E-state index is 5.81. The molecule has 1 aromatic rings. The normalized spacial score (nSPS) is 55.5. The molecule has 0 heterocycles. The summed E-state index contributed by atoms with van der Waals surface area (Å²) < 4.78 is 11.6. The molecule has 22 heavy (non-hydrogen) atoms. The Morgan fingerprint density at radius 2 is 1.32 bits per heavy atom. The molecular weight excluding hydrogens is 272 g/mol. The Morgan fingerprint density at radius 1 is 0.818 bits per heavy atom. The number of methoxy groups -OCH3 is 2. The van der Waals surface area contributed by atoms with Crippen molar-refractivity contribution in [2.24, 2.45) is 34.5 Å². The van der Waals surface area contributed by atoms with Crippen LogP contribution in [0.4, 0.5) is 0 Å². The Labute approximate surface area is 130 Å². The fraction of sp³-hybridized carbons (Fsp3) is 0.600. The second kappa shape index (κ2) is 2.86. The van der Waals surface area contributed by atoms with Gasteiger partial charge in [-0.1, -0.05) is 12.2 Å². The van der Waals surface area contributed by atoms with Gasteiger partial charge < -0.3 is 9.47 Å². The van der Waals surface area contributed by atoms with Crippen molar-refractivity contribution in [3.63, 3.8) is 0 Å². The van der Waals surface area contributed by atoms with Gasteiger partial charge in [-0.25, -0.2) is 0 Å². The van der Waals surface area contributed by atoms with Gasteiger partial charge in [-0.15, -0.1) is 0 Å². The third-order valence-corrected chi connectivity index (χ3v) is 8.70. The lowest BCUT2D eigenvalue weighted by Gasteiger charge is -2.50. The first-order valence-electron chi connectivity index (χ1n) is 8.72. The predicted octanol–water partition coefficient (Wildman–Crippen LogP) is 3.73. The highest BCUT2D eigenvalue weighted by molar-refractivity contribution is 5.69.